The molecule has 0 radical (unpaired) electrons. The molecule has 3 rings (SSSR count). The van der Waals surface area contributed by atoms with Gasteiger partial charge in [-0.25, -0.2) is 0 Å². The molecular weight excluding hydrogens is 272 g/mol. The van der Waals surface area contributed by atoms with E-state index in [0.29, 0.717) is 17.4 Å². The number of hydrogen-bond acceptors (Lipinski definition) is 2. The lowest BCUT2D eigenvalue weighted by Crippen LogP contribution is -2.46. The van der Waals surface area contributed by atoms with E-state index in [9.17, 15) is 5.11 Å². The van der Waals surface area contributed by atoms with Crippen LogP contribution in [0.15, 0.2) is 24.3 Å². The second-order valence-electron chi connectivity index (χ2n) is 8.99. The van der Waals surface area contributed by atoms with Crippen molar-refractivity contribution in [3.8, 4) is 0 Å². The Morgan fingerprint density at radius 2 is 2.09 bits per heavy atom. The van der Waals surface area contributed by atoms with E-state index in [4.69, 9.17) is 4.74 Å². The Bertz CT molecular complexity index is 486. The van der Waals surface area contributed by atoms with Crippen molar-refractivity contribution >= 4 is 0 Å². The second kappa shape index (κ2) is 5.21. The Labute approximate surface area is 135 Å². The van der Waals surface area contributed by atoms with Gasteiger partial charge in [0.05, 0.1) is 17.3 Å². The van der Waals surface area contributed by atoms with Crippen LogP contribution in [0.2, 0.25) is 0 Å². The van der Waals surface area contributed by atoms with Crippen molar-refractivity contribution in [1.82, 2.24) is 0 Å². The smallest absolute Gasteiger partial charge is 0.0920 e. The van der Waals surface area contributed by atoms with Crippen molar-refractivity contribution in [3.63, 3.8) is 0 Å². The summed E-state index contributed by atoms with van der Waals surface area (Å²) in [5, 5.41) is 9.86. The second-order valence-corrected chi connectivity index (χ2v) is 8.99. The van der Waals surface area contributed by atoms with Crippen molar-refractivity contribution in [2.75, 3.05) is 0 Å². The van der Waals surface area contributed by atoms with Crippen LogP contribution in [-0.4, -0.2) is 22.4 Å². The Balaban J connectivity index is 1.68. The zero-order valence-corrected chi connectivity index (χ0v) is 14.7. The SMILES string of the molecule is C=C1CC[C@@H]2O[C@]2(C)CC[C@@H]2[C@@H]1C[C@@]2(C)C/C=C/C(C)(C)O. The van der Waals surface area contributed by atoms with Gasteiger partial charge < -0.3 is 9.84 Å². The molecule has 1 N–H and O–H groups in total. The van der Waals surface area contributed by atoms with E-state index in [1.54, 1.807) is 0 Å². The van der Waals surface area contributed by atoms with Crippen molar-refractivity contribution in [1.29, 1.82) is 0 Å². The Morgan fingerprint density at radius 3 is 2.77 bits per heavy atom. The minimum Gasteiger partial charge on any atom is -0.386 e. The number of hydrogen-bond donors (Lipinski definition) is 1. The summed E-state index contributed by atoms with van der Waals surface area (Å²) in [5.41, 5.74) is 1.26. The van der Waals surface area contributed by atoms with Crippen LogP contribution in [0.1, 0.15) is 66.2 Å². The molecule has 3 aliphatic rings. The maximum atomic E-state index is 9.86. The normalized spacial score (nSPS) is 45.3. The highest BCUT2D eigenvalue weighted by atomic mass is 16.6. The van der Waals surface area contributed by atoms with Crippen molar-refractivity contribution < 1.29 is 9.84 Å². The largest absolute Gasteiger partial charge is 0.386 e. The van der Waals surface area contributed by atoms with E-state index >= 15 is 0 Å². The molecule has 0 bridgehead atoms. The molecule has 0 aromatic rings. The minimum absolute atomic E-state index is 0.147. The maximum Gasteiger partial charge on any atom is 0.0920 e. The van der Waals surface area contributed by atoms with E-state index < -0.39 is 5.60 Å². The molecular formula is C20H32O2. The Hall–Kier alpha value is -0.600. The molecule has 0 spiro atoms. The number of allylic oxidation sites excluding steroid dienone is 2. The zero-order chi connectivity index (χ0) is 16.2. The summed E-state index contributed by atoms with van der Waals surface area (Å²) in [6, 6.07) is 0. The molecule has 2 nitrogen and oxygen atoms in total. The van der Waals surface area contributed by atoms with Crippen LogP contribution < -0.4 is 0 Å². The third kappa shape index (κ3) is 3.05. The topological polar surface area (TPSA) is 32.8 Å². The summed E-state index contributed by atoms with van der Waals surface area (Å²) in [6.45, 7) is 12.8. The Morgan fingerprint density at radius 1 is 1.36 bits per heavy atom. The van der Waals surface area contributed by atoms with Crippen LogP contribution in [0.25, 0.3) is 0 Å². The molecule has 0 aromatic carbocycles. The minimum atomic E-state index is -0.704. The molecule has 1 heterocycles. The number of aliphatic hydroxyl groups is 1. The molecule has 124 valence electrons. The predicted molar refractivity (Wildman–Crippen MR) is 90.6 cm³/mol. The van der Waals surface area contributed by atoms with E-state index in [1.165, 1.54) is 24.8 Å². The average Bonchev–Trinajstić information content (AvgIpc) is 3.01. The average molecular weight is 304 g/mol. The van der Waals surface area contributed by atoms with Crippen LogP contribution in [-0.2, 0) is 4.74 Å². The molecule has 0 amide bonds. The van der Waals surface area contributed by atoms with Crippen LogP contribution in [0.3, 0.4) is 0 Å². The van der Waals surface area contributed by atoms with Gasteiger partial charge in [0, 0.05) is 0 Å². The van der Waals surface area contributed by atoms with Gasteiger partial charge in [-0.1, -0.05) is 31.2 Å². The first-order valence-corrected chi connectivity index (χ1v) is 8.89. The van der Waals surface area contributed by atoms with E-state index in [1.807, 2.05) is 19.9 Å². The standard InChI is InChI=1S/C20H32O2/c1-14-7-8-17-20(5,22-17)12-9-16-15(14)13-19(16,4)11-6-10-18(2,3)21/h6,10,15-17,21H,1,7-9,11-13H2,2-5H3/b10-6+/t15-,16-,17+,19-,20-/m1/s1. The van der Waals surface area contributed by atoms with Crippen molar-refractivity contribution in [2.24, 2.45) is 17.3 Å². The van der Waals surface area contributed by atoms with Crippen LogP contribution in [0.4, 0.5) is 0 Å². The highest BCUT2D eigenvalue weighted by Gasteiger charge is 2.56. The Kier molecular flexibility index (Phi) is 3.85. The third-order valence-electron chi connectivity index (χ3n) is 6.42. The van der Waals surface area contributed by atoms with E-state index in [0.717, 1.165) is 25.2 Å². The number of rotatable bonds is 3. The van der Waals surface area contributed by atoms with Gasteiger partial charge in [-0.2, -0.15) is 0 Å². The molecule has 0 unspecified atom stereocenters. The highest BCUT2D eigenvalue weighted by molar-refractivity contribution is 5.18. The number of ether oxygens (including phenoxy) is 1. The summed E-state index contributed by atoms with van der Waals surface area (Å²) in [7, 11) is 0. The van der Waals surface area contributed by atoms with Crippen LogP contribution in [0.5, 0.6) is 0 Å². The molecule has 2 heteroatoms. The summed E-state index contributed by atoms with van der Waals surface area (Å²) in [4.78, 5) is 0. The molecule has 1 saturated heterocycles. The number of epoxide rings is 1. The van der Waals surface area contributed by atoms with E-state index in [2.05, 4.69) is 26.5 Å². The van der Waals surface area contributed by atoms with Gasteiger partial charge in [-0.3, -0.25) is 0 Å². The lowest BCUT2D eigenvalue weighted by Gasteiger charge is -2.55. The summed E-state index contributed by atoms with van der Waals surface area (Å²) in [5.74, 6) is 1.44. The lowest BCUT2D eigenvalue weighted by atomic mass is 9.50. The van der Waals surface area contributed by atoms with Gasteiger partial charge in [0.2, 0.25) is 0 Å². The monoisotopic (exact) mass is 304 g/mol. The first-order valence-electron chi connectivity index (χ1n) is 8.89. The summed E-state index contributed by atoms with van der Waals surface area (Å²) in [6.07, 6.45) is 11.7. The molecule has 2 aliphatic carbocycles. The summed E-state index contributed by atoms with van der Waals surface area (Å²) < 4.78 is 5.94. The van der Waals surface area contributed by atoms with Crippen LogP contribution >= 0.6 is 0 Å². The maximum absolute atomic E-state index is 9.86. The van der Waals surface area contributed by atoms with Crippen molar-refractivity contribution in [3.05, 3.63) is 24.3 Å². The third-order valence-corrected chi connectivity index (χ3v) is 6.42. The molecule has 3 fully saturated rings. The van der Waals surface area contributed by atoms with Gasteiger partial charge in [0.15, 0.2) is 0 Å². The van der Waals surface area contributed by atoms with E-state index in [-0.39, 0.29) is 5.60 Å². The first kappa shape index (κ1) is 16.3. The molecule has 22 heavy (non-hydrogen) atoms. The van der Waals surface area contributed by atoms with Crippen molar-refractivity contribution in [2.45, 2.75) is 83.5 Å². The van der Waals surface area contributed by atoms with Gasteiger partial charge in [-0.15, -0.1) is 0 Å². The summed E-state index contributed by atoms with van der Waals surface area (Å²) >= 11 is 0. The van der Waals surface area contributed by atoms with Gasteiger partial charge in [-0.05, 0) is 76.5 Å². The molecule has 5 atom stereocenters. The highest BCUT2D eigenvalue weighted by Crippen LogP contribution is 2.61. The fourth-order valence-corrected chi connectivity index (χ4v) is 4.77. The fourth-order valence-electron chi connectivity index (χ4n) is 4.77. The number of fused-ring (bicyclic) bond motifs is 2. The van der Waals surface area contributed by atoms with Crippen LogP contribution in [0, 0.1) is 17.3 Å². The molecule has 0 aromatic heterocycles. The zero-order valence-electron chi connectivity index (χ0n) is 14.7. The molecule has 2 saturated carbocycles. The lowest BCUT2D eigenvalue weighted by molar-refractivity contribution is -0.0167. The predicted octanol–water partition coefficient (Wildman–Crippen LogP) is 4.63. The van der Waals surface area contributed by atoms with Gasteiger partial charge in [0.1, 0.15) is 0 Å². The first-order chi connectivity index (χ1) is 10.1. The van der Waals surface area contributed by atoms with Gasteiger partial charge in [0.25, 0.3) is 0 Å². The quantitative estimate of drug-likeness (QED) is 0.609. The molecule has 1 aliphatic heterocycles. The van der Waals surface area contributed by atoms with Gasteiger partial charge >= 0.3 is 0 Å². The fraction of sp³-hybridized carbons (Fsp3) is 0.800.